The zero-order valence-electron chi connectivity index (χ0n) is 41.5. The van der Waals surface area contributed by atoms with E-state index < -0.39 is 57.8 Å². The molecular formula is C50H60N5O12S2+. The van der Waals surface area contributed by atoms with Gasteiger partial charge in [0.1, 0.15) is 29.0 Å². The number of Topliss-reactive ketones (excluding diaryl/α,β-unsaturated/α-hetero) is 2. The van der Waals surface area contributed by atoms with Crippen molar-refractivity contribution in [2.45, 2.75) is 131 Å². The molecule has 0 bridgehead atoms. The number of aryl methyl sites for hydroxylation is 2. The highest BCUT2D eigenvalue weighted by atomic mass is 32.2. The quantitative estimate of drug-likeness (QED) is 0.0221. The van der Waals surface area contributed by atoms with Gasteiger partial charge in [0.25, 0.3) is 0 Å². The number of ketones is 2. The number of aromatic nitrogens is 3. The molecule has 69 heavy (non-hydrogen) atoms. The van der Waals surface area contributed by atoms with Crippen molar-refractivity contribution in [3.8, 4) is 11.5 Å². The van der Waals surface area contributed by atoms with Gasteiger partial charge in [0.05, 0.1) is 29.0 Å². The fourth-order valence-corrected chi connectivity index (χ4v) is 9.17. The van der Waals surface area contributed by atoms with Gasteiger partial charge in [0.15, 0.2) is 39.8 Å². The molecule has 2 aliphatic heterocycles. The van der Waals surface area contributed by atoms with E-state index in [0.717, 1.165) is 11.1 Å². The van der Waals surface area contributed by atoms with Gasteiger partial charge in [-0.1, -0.05) is 41.6 Å². The maximum absolute atomic E-state index is 13.9. The predicted molar refractivity (Wildman–Crippen MR) is 260 cm³/mol. The van der Waals surface area contributed by atoms with Crippen molar-refractivity contribution in [2.24, 2.45) is 18.1 Å². The number of fused-ring (bicyclic) bond motifs is 2. The van der Waals surface area contributed by atoms with Crippen LogP contribution in [-0.4, -0.2) is 89.4 Å². The lowest BCUT2D eigenvalue weighted by Crippen LogP contribution is -2.61. The summed E-state index contributed by atoms with van der Waals surface area (Å²) in [5.74, 6) is -2.15. The van der Waals surface area contributed by atoms with Gasteiger partial charge in [0, 0.05) is 36.6 Å². The maximum atomic E-state index is 13.9. The zero-order chi connectivity index (χ0) is 51.0. The normalized spacial score (nSPS) is 16.8. The van der Waals surface area contributed by atoms with E-state index in [1.54, 1.807) is 86.8 Å². The Morgan fingerprint density at radius 1 is 0.855 bits per heavy atom. The Morgan fingerprint density at radius 2 is 1.45 bits per heavy atom. The largest absolute Gasteiger partial charge is 0.514 e. The van der Waals surface area contributed by atoms with Gasteiger partial charge >= 0.3 is 18.3 Å². The smallest absolute Gasteiger partial charge is 0.457 e. The Morgan fingerprint density at radius 3 is 2.00 bits per heavy atom. The second-order valence-corrected chi connectivity index (χ2v) is 22.4. The number of hydrogen-bond acceptors (Lipinski definition) is 16. The van der Waals surface area contributed by atoms with Gasteiger partial charge in [-0.15, -0.1) is 23.1 Å². The third-order valence-corrected chi connectivity index (χ3v) is 12.4. The highest BCUT2D eigenvalue weighted by Gasteiger charge is 2.53. The van der Waals surface area contributed by atoms with Crippen molar-refractivity contribution in [3.63, 3.8) is 0 Å². The standard InChI is InChI=1S/C50H60N5O12S2/c1-28(56)41-32(25-69-43-33(42(58)55(41)43)21-37(57)40(34-26-68-29(2)51-34)52-67-50(12,13)44(59)64-47(3,4)5)20-19-30-15-17-31(18-16-30)24-54-27-53(14)35-22-38(62-45(60)65-48(6,7)8)39(23-36(35)54)63-46(61)66-49(9,10)11/h15-20,22-23,26-27,33,43H,21,24-25H2,1-14H3/q+1/b20-19?,52-40-/t33-,43-/m1/s1. The number of thiazole rings is 1. The first kappa shape index (κ1) is 52.0. The van der Waals surface area contributed by atoms with Crippen LogP contribution in [0.25, 0.3) is 17.1 Å². The summed E-state index contributed by atoms with van der Waals surface area (Å²) in [6.45, 7) is 22.0. The van der Waals surface area contributed by atoms with Crippen LogP contribution in [0.2, 0.25) is 0 Å². The molecule has 4 aromatic rings. The van der Waals surface area contributed by atoms with E-state index in [1.807, 2.05) is 58.9 Å². The Balaban J connectivity index is 1.17. The molecule has 2 aromatic carbocycles. The van der Waals surface area contributed by atoms with Gasteiger partial charge in [0.2, 0.25) is 17.8 Å². The molecule has 0 saturated carbocycles. The highest BCUT2D eigenvalue weighted by molar-refractivity contribution is 8.00. The second kappa shape index (κ2) is 19.9. The monoisotopic (exact) mass is 986 g/mol. The van der Waals surface area contributed by atoms with Gasteiger partial charge in [-0.3, -0.25) is 19.3 Å². The van der Waals surface area contributed by atoms with Gasteiger partial charge in [-0.25, -0.2) is 28.5 Å². The van der Waals surface area contributed by atoms with E-state index in [9.17, 15) is 28.8 Å². The third kappa shape index (κ3) is 13.1. The average Bonchev–Trinajstić information content (AvgIpc) is 3.78. The number of carbonyl (C=O) groups is 6. The summed E-state index contributed by atoms with van der Waals surface area (Å²) in [4.78, 5) is 90.8. The topological polar surface area (TPSA) is 195 Å². The van der Waals surface area contributed by atoms with E-state index >= 15 is 0 Å². The summed E-state index contributed by atoms with van der Waals surface area (Å²) in [5.41, 5.74) is 0.302. The molecule has 0 radical (unpaired) electrons. The molecule has 368 valence electrons. The molecule has 1 amide bonds. The van der Waals surface area contributed by atoms with Gasteiger partial charge in [-0.05, 0) is 99.8 Å². The van der Waals surface area contributed by atoms with Crippen LogP contribution in [-0.2, 0) is 51.8 Å². The lowest BCUT2D eigenvalue weighted by atomic mass is 9.88. The zero-order valence-corrected chi connectivity index (χ0v) is 43.1. The number of imidazole rings is 1. The number of amides is 1. The van der Waals surface area contributed by atoms with Crippen molar-refractivity contribution in [1.29, 1.82) is 0 Å². The number of β-lactam (4-membered cyclic amide) rings is 1. The van der Waals surface area contributed by atoms with Crippen LogP contribution in [0.5, 0.6) is 11.5 Å². The first-order chi connectivity index (χ1) is 32.0. The molecular weight excluding hydrogens is 927 g/mol. The molecule has 0 aliphatic carbocycles. The van der Waals surface area contributed by atoms with E-state index in [2.05, 4.69) is 10.1 Å². The molecule has 0 unspecified atom stereocenters. The Hall–Kier alpha value is -6.34. The predicted octanol–water partition coefficient (Wildman–Crippen LogP) is 8.79. The summed E-state index contributed by atoms with van der Waals surface area (Å²) in [7, 11) is 1.84. The third-order valence-electron chi connectivity index (χ3n) is 10.2. The van der Waals surface area contributed by atoms with E-state index in [-0.39, 0.29) is 46.7 Å². The number of ether oxygens (including phenoxy) is 5. The van der Waals surface area contributed by atoms with Crippen LogP contribution in [0.15, 0.2) is 70.6 Å². The van der Waals surface area contributed by atoms with Crippen LogP contribution in [0.3, 0.4) is 0 Å². The van der Waals surface area contributed by atoms with Crippen LogP contribution in [0.1, 0.15) is 111 Å². The van der Waals surface area contributed by atoms with Crippen LogP contribution >= 0.6 is 23.1 Å². The highest BCUT2D eigenvalue weighted by Crippen LogP contribution is 2.46. The Bertz CT molecular complexity index is 2780. The van der Waals surface area contributed by atoms with Crippen molar-refractivity contribution in [1.82, 2.24) is 14.5 Å². The van der Waals surface area contributed by atoms with E-state index in [1.165, 1.54) is 48.8 Å². The van der Waals surface area contributed by atoms with Gasteiger partial charge in [-0.2, -0.15) is 0 Å². The molecule has 19 heteroatoms. The molecule has 17 nitrogen and oxygen atoms in total. The minimum Gasteiger partial charge on any atom is -0.457 e. The molecule has 2 atom stereocenters. The molecule has 2 aliphatic rings. The summed E-state index contributed by atoms with van der Waals surface area (Å²) < 4.78 is 31.1. The summed E-state index contributed by atoms with van der Waals surface area (Å²) >= 11 is 2.78. The molecule has 1 saturated heterocycles. The number of benzene rings is 2. The Labute approximate surface area is 409 Å². The average molecular weight is 987 g/mol. The Kier molecular flexibility index (Phi) is 15.0. The number of carbonyl (C=O) groups excluding carboxylic acids is 6. The lowest BCUT2D eigenvalue weighted by molar-refractivity contribution is -0.645. The van der Waals surface area contributed by atoms with Crippen LogP contribution in [0, 0.1) is 12.8 Å². The number of nitrogens with zero attached hydrogens (tertiary/aromatic N) is 5. The SMILES string of the molecule is CC(=O)C1=C(C=Cc2ccc(Cn3c[n+](C)c4cc(OC(=O)OC(C)(C)C)c(OC(=O)OC(C)(C)C)cc43)cc2)CS[C@@H]2[C@H](CC(=O)/C(=N\OC(C)(C)C(=O)OC(C)(C)C)c3csc(C)n3)C(=O)N12. The number of esters is 1. The molecule has 4 heterocycles. The van der Waals surface area contributed by atoms with E-state index in [4.69, 9.17) is 28.5 Å². The first-order valence-corrected chi connectivity index (χ1v) is 24.2. The summed E-state index contributed by atoms with van der Waals surface area (Å²) in [5, 5.41) is 6.02. The fourth-order valence-electron chi connectivity index (χ4n) is 7.19. The maximum Gasteiger partial charge on any atom is 0.514 e. The number of hydrogen-bond donors (Lipinski definition) is 0. The van der Waals surface area contributed by atoms with Crippen LogP contribution < -0.4 is 14.0 Å². The minimum absolute atomic E-state index is 0.0263. The minimum atomic E-state index is -1.53. The molecule has 2 aromatic heterocycles. The fraction of sp³-hybridized carbons (Fsp3) is 0.460. The molecule has 6 rings (SSSR count). The lowest BCUT2D eigenvalue weighted by Gasteiger charge is -2.49. The number of rotatable bonds is 14. The summed E-state index contributed by atoms with van der Waals surface area (Å²) in [6.07, 6.45) is 3.44. The molecule has 0 N–H and O–H groups in total. The number of thioether (sulfide) groups is 1. The van der Waals surface area contributed by atoms with Crippen molar-refractivity contribution in [2.75, 3.05) is 5.75 Å². The van der Waals surface area contributed by atoms with Crippen molar-refractivity contribution in [3.05, 3.63) is 87.3 Å². The van der Waals surface area contributed by atoms with Crippen molar-refractivity contribution < 1.29 is 61.9 Å². The molecule has 0 spiro atoms. The molecule has 1 fully saturated rings. The second-order valence-electron chi connectivity index (χ2n) is 20.2. The summed E-state index contributed by atoms with van der Waals surface area (Å²) in [6, 6.07) is 11.0. The van der Waals surface area contributed by atoms with Gasteiger partial charge < -0.3 is 28.5 Å². The number of allylic oxidation sites excluding steroid dienone is 2. The van der Waals surface area contributed by atoms with Crippen molar-refractivity contribution >= 4 is 81.7 Å². The first-order valence-electron chi connectivity index (χ1n) is 22.2. The van der Waals surface area contributed by atoms with E-state index in [0.29, 0.717) is 33.9 Å². The number of oxime groups is 1. The van der Waals surface area contributed by atoms with Crippen LogP contribution in [0.4, 0.5) is 9.59 Å².